The summed E-state index contributed by atoms with van der Waals surface area (Å²) >= 11 is 0. The summed E-state index contributed by atoms with van der Waals surface area (Å²) in [5, 5.41) is 0. The molecule has 0 spiro atoms. The van der Waals surface area contributed by atoms with Gasteiger partial charge in [-0.05, 0) is 98.7 Å². The molecule has 2 saturated carbocycles. The molecule has 0 atom stereocenters. The molecule has 2 aromatic carbocycles. The van der Waals surface area contributed by atoms with Crippen molar-refractivity contribution in [1.29, 1.82) is 0 Å². The quantitative estimate of drug-likeness (QED) is 0.336. The van der Waals surface area contributed by atoms with Crippen molar-refractivity contribution in [3.8, 4) is 0 Å². The van der Waals surface area contributed by atoms with Crippen molar-refractivity contribution in [3.05, 3.63) is 69.8 Å². The van der Waals surface area contributed by atoms with Crippen LogP contribution in [-0.4, -0.2) is 6.61 Å². The van der Waals surface area contributed by atoms with Crippen LogP contribution in [0.4, 0.5) is 17.6 Å². The minimum Gasteiger partial charge on any atom is -0.377 e. The minimum absolute atomic E-state index is 0.00595. The Bertz CT molecular complexity index is 988. The molecule has 5 heteroatoms. The van der Waals surface area contributed by atoms with Crippen molar-refractivity contribution in [2.75, 3.05) is 6.61 Å². The number of halogens is 4. The molecule has 2 aromatic rings. The maximum Gasteiger partial charge on any atom is 0.164 e. The summed E-state index contributed by atoms with van der Waals surface area (Å²) in [7, 11) is 0. The zero-order chi connectivity index (χ0) is 24.9. The van der Waals surface area contributed by atoms with Crippen LogP contribution < -0.4 is 0 Å². The van der Waals surface area contributed by atoms with Crippen LogP contribution in [0.2, 0.25) is 0 Å². The van der Waals surface area contributed by atoms with Gasteiger partial charge in [0, 0.05) is 12.2 Å². The summed E-state index contributed by atoms with van der Waals surface area (Å²) in [5.74, 6) is -1.72. The molecule has 192 valence electrons. The molecule has 0 heterocycles. The van der Waals surface area contributed by atoms with Crippen molar-refractivity contribution in [2.45, 2.75) is 96.5 Å². The molecule has 0 bridgehead atoms. The van der Waals surface area contributed by atoms with Gasteiger partial charge in [-0.3, -0.25) is 0 Å². The first kappa shape index (κ1) is 26.2. The van der Waals surface area contributed by atoms with Gasteiger partial charge in [0.1, 0.15) is 0 Å². The highest BCUT2D eigenvalue weighted by Gasteiger charge is 2.28. The van der Waals surface area contributed by atoms with E-state index in [2.05, 4.69) is 6.92 Å². The van der Waals surface area contributed by atoms with Gasteiger partial charge in [0.15, 0.2) is 23.3 Å². The number of hydrogen-bond acceptors (Lipinski definition) is 1. The average molecular weight is 491 g/mol. The number of rotatable bonds is 8. The smallest absolute Gasteiger partial charge is 0.164 e. The highest BCUT2D eigenvalue weighted by molar-refractivity contribution is 5.30. The van der Waals surface area contributed by atoms with Gasteiger partial charge in [0.2, 0.25) is 0 Å². The highest BCUT2D eigenvalue weighted by atomic mass is 19.2. The Morgan fingerprint density at radius 3 is 1.77 bits per heavy atom. The second-order valence-corrected chi connectivity index (χ2v) is 10.7. The Morgan fingerprint density at radius 2 is 1.20 bits per heavy atom. The molecule has 0 radical (unpaired) electrons. The molecule has 0 unspecified atom stereocenters. The molecular formula is C30H38F4O. The second-order valence-electron chi connectivity index (χ2n) is 10.7. The molecule has 2 fully saturated rings. The minimum atomic E-state index is -0.804. The molecule has 35 heavy (non-hydrogen) atoms. The summed E-state index contributed by atoms with van der Waals surface area (Å²) in [6.45, 7) is 4.56. The van der Waals surface area contributed by atoms with Gasteiger partial charge >= 0.3 is 0 Å². The van der Waals surface area contributed by atoms with E-state index in [1.165, 1.54) is 0 Å². The van der Waals surface area contributed by atoms with Crippen LogP contribution in [0.15, 0.2) is 24.3 Å². The van der Waals surface area contributed by atoms with Crippen LogP contribution in [0.3, 0.4) is 0 Å². The number of aryl methyl sites for hydroxylation is 1. The molecule has 0 N–H and O–H groups in total. The molecule has 0 amide bonds. The van der Waals surface area contributed by atoms with E-state index < -0.39 is 23.3 Å². The maximum atomic E-state index is 14.9. The van der Waals surface area contributed by atoms with E-state index in [0.29, 0.717) is 41.6 Å². The first-order valence-corrected chi connectivity index (χ1v) is 13.4. The molecule has 0 saturated heterocycles. The van der Waals surface area contributed by atoms with Crippen LogP contribution in [0, 0.1) is 35.1 Å². The van der Waals surface area contributed by atoms with E-state index in [1.54, 1.807) is 24.3 Å². The SMILES string of the molecule is CCOCc1ccc(C2CCC(CCc3ccc(C4CCC(C)CC4)c(F)c3F)CC2)c(F)c1F. The number of benzene rings is 2. The van der Waals surface area contributed by atoms with Crippen molar-refractivity contribution >= 4 is 0 Å². The summed E-state index contributed by atoms with van der Waals surface area (Å²) in [6, 6.07) is 6.91. The summed E-state index contributed by atoms with van der Waals surface area (Å²) in [6.07, 6.45) is 8.63. The van der Waals surface area contributed by atoms with Crippen molar-refractivity contribution < 1.29 is 22.3 Å². The summed E-state index contributed by atoms with van der Waals surface area (Å²) in [4.78, 5) is 0. The third kappa shape index (κ3) is 6.10. The topological polar surface area (TPSA) is 9.23 Å². The van der Waals surface area contributed by atoms with E-state index in [0.717, 1.165) is 57.8 Å². The fraction of sp³-hybridized carbons (Fsp3) is 0.600. The normalized spacial score (nSPS) is 25.1. The van der Waals surface area contributed by atoms with E-state index in [4.69, 9.17) is 4.74 Å². The molecule has 4 rings (SSSR count). The van der Waals surface area contributed by atoms with Gasteiger partial charge in [0.25, 0.3) is 0 Å². The average Bonchev–Trinajstić information content (AvgIpc) is 2.87. The first-order valence-electron chi connectivity index (χ1n) is 13.4. The molecule has 0 aliphatic heterocycles. The Kier molecular flexibility index (Phi) is 8.91. The van der Waals surface area contributed by atoms with Crippen molar-refractivity contribution in [1.82, 2.24) is 0 Å². The second kappa shape index (κ2) is 11.9. The zero-order valence-electron chi connectivity index (χ0n) is 21.0. The molecule has 0 aromatic heterocycles. The number of hydrogen-bond donors (Lipinski definition) is 0. The Hall–Kier alpha value is -1.88. The molecule has 2 aliphatic carbocycles. The maximum absolute atomic E-state index is 14.9. The fourth-order valence-electron chi connectivity index (χ4n) is 6.05. The zero-order valence-corrected chi connectivity index (χ0v) is 21.0. The van der Waals surface area contributed by atoms with Crippen LogP contribution in [0.25, 0.3) is 0 Å². The lowest BCUT2D eigenvalue weighted by Gasteiger charge is -2.29. The molecular weight excluding hydrogens is 452 g/mol. The van der Waals surface area contributed by atoms with Crippen LogP contribution in [-0.2, 0) is 17.8 Å². The first-order chi connectivity index (χ1) is 16.9. The van der Waals surface area contributed by atoms with Gasteiger partial charge in [-0.25, -0.2) is 17.6 Å². The lowest BCUT2D eigenvalue weighted by molar-refractivity contribution is 0.130. The predicted molar refractivity (Wildman–Crippen MR) is 131 cm³/mol. The van der Waals surface area contributed by atoms with Crippen LogP contribution in [0.1, 0.15) is 106 Å². The lowest BCUT2D eigenvalue weighted by atomic mass is 9.76. The standard InChI is InChI=1S/C30H38F4O/c1-3-35-18-24-15-17-26(30(34)28(24)32)22-11-6-20(7-12-22)8-13-23-14-16-25(29(33)27(23)31)21-9-4-19(2)5-10-21/h14-17,19-22H,3-13,18H2,1-2H3. The lowest BCUT2D eigenvalue weighted by Crippen LogP contribution is -2.16. The molecule has 1 nitrogen and oxygen atoms in total. The fourth-order valence-corrected chi connectivity index (χ4v) is 6.05. The highest BCUT2D eigenvalue weighted by Crippen LogP contribution is 2.40. The predicted octanol–water partition coefficient (Wildman–Crippen LogP) is 8.98. The Balaban J connectivity index is 1.31. The summed E-state index contributed by atoms with van der Waals surface area (Å²) < 4.78 is 64.1. The van der Waals surface area contributed by atoms with Gasteiger partial charge in [0.05, 0.1) is 6.61 Å². The van der Waals surface area contributed by atoms with Crippen molar-refractivity contribution in [2.24, 2.45) is 11.8 Å². The largest absolute Gasteiger partial charge is 0.377 e. The van der Waals surface area contributed by atoms with Crippen molar-refractivity contribution in [3.63, 3.8) is 0 Å². The molecule has 2 aliphatic rings. The monoisotopic (exact) mass is 490 g/mol. The van der Waals surface area contributed by atoms with Gasteiger partial charge in [-0.2, -0.15) is 0 Å². The van der Waals surface area contributed by atoms with Gasteiger partial charge < -0.3 is 4.74 Å². The van der Waals surface area contributed by atoms with Gasteiger partial charge in [-0.1, -0.05) is 44.0 Å². The number of ether oxygens (including phenoxy) is 1. The van der Waals surface area contributed by atoms with Gasteiger partial charge in [-0.15, -0.1) is 0 Å². The van der Waals surface area contributed by atoms with Crippen LogP contribution in [0.5, 0.6) is 0 Å². The van der Waals surface area contributed by atoms with E-state index in [9.17, 15) is 17.6 Å². The van der Waals surface area contributed by atoms with Crippen LogP contribution >= 0.6 is 0 Å². The van der Waals surface area contributed by atoms with E-state index in [1.807, 2.05) is 6.92 Å². The Labute approximate surface area is 207 Å². The summed E-state index contributed by atoms with van der Waals surface area (Å²) in [5.41, 5.74) is 1.69. The third-order valence-electron chi connectivity index (χ3n) is 8.41. The van der Waals surface area contributed by atoms with E-state index >= 15 is 0 Å². The third-order valence-corrected chi connectivity index (χ3v) is 8.41. The Morgan fingerprint density at radius 1 is 0.686 bits per heavy atom. The van der Waals surface area contributed by atoms with E-state index in [-0.39, 0.29) is 24.0 Å².